The molecule has 2 fully saturated rings. The predicted octanol–water partition coefficient (Wildman–Crippen LogP) is 2.37. The summed E-state index contributed by atoms with van der Waals surface area (Å²) in [5.41, 5.74) is 0.734. The monoisotopic (exact) mass is 344 g/mol. The van der Waals surface area contributed by atoms with Crippen molar-refractivity contribution >= 4 is 5.91 Å². The van der Waals surface area contributed by atoms with E-state index in [-0.39, 0.29) is 23.7 Å². The number of likely N-dealkylation sites (tertiary alicyclic amines) is 1. The van der Waals surface area contributed by atoms with Gasteiger partial charge in [-0.3, -0.25) is 9.69 Å². The molecule has 0 spiro atoms. The summed E-state index contributed by atoms with van der Waals surface area (Å²) in [7, 11) is 0. The van der Waals surface area contributed by atoms with E-state index in [0.717, 1.165) is 44.3 Å². The number of rotatable bonds is 5. The number of carbonyl (C=O) groups excluding carboxylic acids is 1. The van der Waals surface area contributed by atoms with Crippen molar-refractivity contribution in [1.29, 1.82) is 0 Å². The smallest absolute Gasteiger partial charge is 0.241 e. The molecular formula is C18H21FN4O2. The van der Waals surface area contributed by atoms with Crippen LogP contribution in [0, 0.1) is 11.7 Å². The van der Waals surface area contributed by atoms with Crippen molar-refractivity contribution < 1.29 is 13.7 Å². The lowest BCUT2D eigenvalue weighted by Gasteiger charge is -2.31. The SMILES string of the molecule is O=C(NC1CCN(Cc2nc(-c3ccc(F)cc3)no2)CC1)C1CC1. The number of benzene rings is 1. The number of hydrogen-bond acceptors (Lipinski definition) is 5. The molecule has 0 bridgehead atoms. The van der Waals surface area contributed by atoms with Crippen LogP contribution in [0.25, 0.3) is 11.4 Å². The molecule has 2 aromatic rings. The Morgan fingerprint density at radius 2 is 1.92 bits per heavy atom. The van der Waals surface area contributed by atoms with Crippen molar-refractivity contribution in [3.8, 4) is 11.4 Å². The number of nitrogens with zero attached hydrogens (tertiary/aromatic N) is 3. The summed E-state index contributed by atoms with van der Waals surface area (Å²) in [5, 5.41) is 7.12. The van der Waals surface area contributed by atoms with Crippen LogP contribution in [0.3, 0.4) is 0 Å². The van der Waals surface area contributed by atoms with E-state index in [1.165, 1.54) is 12.1 Å². The van der Waals surface area contributed by atoms with Crippen molar-refractivity contribution in [1.82, 2.24) is 20.4 Å². The van der Waals surface area contributed by atoms with E-state index in [2.05, 4.69) is 20.4 Å². The van der Waals surface area contributed by atoms with E-state index in [0.29, 0.717) is 18.3 Å². The molecule has 1 N–H and O–H groups in total. The van der Waals surface area contributed by atoms with E-state index < -0.39 is 0 Å². The Morgan fingerprint density at radius 3 is 2.60 bits per heavy atom. The van der Waals surface area contributed by atoms with Crippen LogP contribution in [-0.4, -0.2) is 40.1 Å². The summed E-state index contributed by atoms with van der Waals surface area (Å²) in [6.45, 7) is 2.38. The minimum atomic E-state index is -0.288. The second kappa shape index (κ2) is 6.92. The molecule has 1 amide bonds. The number of nitrogens with one attached hydrogen (secondary N) is 1. The fraction of sp³-hybridized carbons (Fsp3) is 0.500. The molecule has 1 aliphatic carbocycles. The average molecular weight is 344 g/mol. The first-order chi connectivity index (χ1) is 12.2. The molecule has 1 aromatic heterocycles. The van der Waals surface area contributed by atoms with E-state index >= 15 is 0 Å². The van der Waals surface area contributed by atoms with E-state index in [1.807, 2.05) is 0 Å². The Balaban J connectivity index is 1.28. The van der Waals surface area contributed by atoms with Crippen molar-refractivity contribution in [2.45, 2.75) is 38.3 Å². The molecule has 132 valence electrons. The van der Waals surface area contributed by atoms with Gasteiger partial charge in [0.15, 0.2) is 0 Å². The van der Waals surface area contributed by atoms with Gasteiger partial charge in [-0.2, -0.15) is 4.98 Å². The van der Waals surface area contributed by atoms with Crippen molar-refractivity contribution in [3.05, 3.63) is 36.0 Å². The second-order valence-electron chi connectivity index (χ2n) is 6.85. The molecule has 0 unspecified atom stereocenters. The Morgan fingerprint density at radius 1 is 1.20 bits per heavy atom. The standard InChI is InChI=1S/C18H21FN4O2/c19-14-5-3-12(4-6-14)17-21-16(25-22-17)11-23-9-7-15(8-10-23)20-18(24)13-1-2-13/h3-6,13,15H,1-2,7-11H2,(H,20,24). The zero-order valence-corrected chi connectivity index (χ0v) is 13.9. The third-order valence-electron chi connectivity index (χ3n) is 4.81. The number of amides is 1. The highest BCUT2D eigenvalue weighted by molar-refractivity contribution is 5.81. The molecular weight excluding hydrogens is 323 g/mol. The molecule has 0 atom stereocenters. The summed E-state index contributed by atoms with van der Waals surface area (Å²) in [6, 6.07) is 6.32. The molecule has 4 rings (SSSR count). The lowest BCUT2D eigenvalue weighted by molar-refractivity contribution is -0.123. The van der Waals surface area contributed by atoms with E-state index in [4.69, 9.17) is 4.52 Å². The molecule has 0 radical (unpaired) electrons. The highest BCUT2D eigenvalue weighted by atomic mass is 19.1. The Hall–Kier alpha value is -2.28. The van der Waals surface area contributed by atoms with Gasteiger partial charge in [0.05, 0.1) is 6.54 Å². The second-order valence-corrected chi connectivity index (χ2v) is 6.85. The number of halogens is 1. The summed E-state index contributed by atoms with van der Waals surface area (Å²) in [5.74, 6) is 1.23. The van der Waals surface area contributed by atoms with Gasteiger partial charge in [-0.25, -0.2) is 4.39 Å². The van der Waals surface area contributed by atoms with E-state index in [9.17, 15) is 9.18 Å². The number of hydrogen-bond donors (Lipinski definition) is 1. The zero-order chi connectivity index (χ0) is 17.2. The third-order valence-corrected chi connectivity index (χ3v) is 4.81. The summed E-state index contributed by atoms with van der Waals surface area (Å²) in [4.78, 5) is 18.5. The van der Waals surface area contributed by atoms with Gasteiger partial charge in [0.1, 0.15) is 5.82 Å². The minimum Gasteiger partial charge on any atom is -0.353 e. The van der Waals surface area contributed by atoms with Crippen LogP contribution in [0.1, 0.15) is 31.6 Å². The predicted molar refractivity (Wildman–Crippen MR) is 88.9 cm³/mol. The maximum absolute atomic E-state index is 13.0. The Labute approximate surface area is 145 Å². The van der Waals surface area contributed by atoms with Crippen molar-refractivity contribution in [3.63, 3.8) is 0 Å². The van der Waals surface area contributed by atoms with Gasteiger partial charge in [-0.1, -0.05) is 5.16 Å². The van der Waals surface area contributed by atoms with Gasteiger partial charge >= 0.3 is 0 Å². The lowest BCUT2D eigenvalue weighted by Crippen LogP contribution is -2.44. The summed E-state index contributed by atoms with van der Waals surface area (Å²) >= 11 is 0. The van der Waals surface area contributed by atoms with Gasteiger partial charge in [-0.05, 0) is 49.9 Å². The first-order valence-electron chi connectivity index (χ1n) is 8.78. The largest absolute Gasteiger partial charge is 0.353 e. The maximum atomic E-state index is 13.0. The van der Waals surface area contributed by atoms with Crippen molar-refractivity contribution in [2.75, 3.05) is 13.1 Å². The fourth-order valence-corrected chi connectivity index (χ4v) is 3.13. The van der Waals surface area contributed by atoms with Gasteiger partial charge in [0.25, 0.3) is 0 Å². The molecule has 1 aliphatic heterocycles. The van der Waals surface area contributed by atoms with Gasteiger partial charge < -0.3 is 9.84 Å². The zero-order valence-electron chi connectivity index (χ0n) is 13.9. The number of carbonyl (C=O) groups is 1. The molecule has 6 nitrogen and oxygen atoms in total. The quantitative estimate of drug-likeness (QED) is 0.902. The van der Waals surface area contributed by atoms with Crippen LogP contribution in [0.15, 0.2) is 28.8 Å². The molecule has 2 aliphatic rings. The fourth-order valence-electron chi connectivity index (χ4n) is 3.13. The lowest BCUT2D eigenvalue weighted by atomic mass is 10.0. The molecule has 1 saturated heterocycles. The van der Waals surface area contributed by atoms with Crippen LogP contribution >= 0.6 is 0 Å². The Kier molecular flexibility index (Phi) is 4.48. The molecule has 1 saturated carbocycles. The maximum Gasteiger partial charge on any atom is 0.241 e. The minimum absolute atomic E-state index is 0.222. The van der Waals surface area contributed by atoms with Gasteiger partial charge in [-0.15, -0.1) is 0 Å². The first-order valence-corrected chi connectivity index (χ1v) is 8.78. The number of aromatic nitrogens is 2. The van der Waals surface area contributed by atoms with E-state index in [1.54, 1.807) is 12.1 Å². The van der Waals surface area contributed by atoms with Crippen LogP contribution in [0.5, 0.6) is 0 Å². The van der Waals surface area contributed by atoms with Crippen LogP contribution < -0.4 is 5.32 Å². The Bertz CT molecular complexity index is 734. The molecule has 1 aromatic carbocycles. The topological polar surface area (TPSA) is 71.3 Å². The molecule has 7 heteroatoms. The molecule has 25 heavy (non-hydrogen) atoms. The molecule has 2 heterocycles. The third kappa shape index (κ3) is 4.04. The summed E-state index contributed by atoms with van der Waals surface area (Å²) in [6.07, 6.45) is 3.96. The van der Waals surface area contributed by atoms with Crippen LogP contribution in [-0.2, 0) is 11.3 Å². The van der Waals surface area contributed by atoms with Crippen LogP contribution in [0.4, 0.5) is 4.39 Å². The van der Waals surface area contributed by atoms with Gasteiger partial charge in [0.2, 0.25) is 17.6 Å². The highest BCUT2D eigenvalue weighted by Gasteiger charge is 2.31. The van der Waals surface area contributed by atoms with Crippen molar-refractivity contribution in [2.24, 2.45) is 5.92 Å². The normalized spacial score (nSPS) is 19.1. The highest BCUT2D eigenvalue weighted by Crippen LogP contribution is 2.29. The number of piperidine rings is 1. The summed E-state index contributed by atoms with van der Waals surface area (Å²) < 4.78 is 18.3. The average Bonchev–Trinajstić information content (AvgIpc) is 3.38. The first kappa shape index (κ1) is 16.2. The van der Waals surface area contributed by atoms with Gasteiger partial charge in [0, 0.05) is 30.6 Å². The van der Waals surface area contributed by atoms with Crippen LogP contribution in [0.2, 0.25) is 0 Å².